The number of pyridine rings is 1. The first kappa shape index (κ1) is 13.2. The van der Waals surface area contributed by atoms with Crippen molar-refractivity contribution in [2.75, 3.05) is 24.3 Å². The van der Waals surface area contributed by atoms with Gasteiger partial charge in [0, 0.05) is 37.6 Å². The summed E-state index contributed by atoms with van der Waals surface area (Å²) in [5.74, 6) is 0.578. The first-order valence-electron chi connectivity index (χ1n) is 6.66. The lowest BCUT2D eigenvalue weighted by atomic mass is 10.1. The summed E-state index contributed by atoms with van der Waals surface area (Å²) in [6.07, 6.45) is 3.56. The highest BCUT2D eigenvalue weighted by Crippen LogP contribution is 2.22. The summed E-state index contributed by atoms with van der Waals surface area (Å²) in [5.41, 5.74) is 2.25. The number of aromatic nitrogens is 2. The number of nitrogens with zero attached hydrogens (tertiary/aromatic N) is 2. The topological polar surface area (TPSA) is 61.0 Å². The summed E-state index contributed by atoms with van der Waals surface area (Å²) >= 11 is 0. The molecule has 1 aromatic carbocycles. The first-order valence-corrected chi connectivity index (χ1v) is 6.66. The fourth-order valence-corrected chi connectivity index (χ4v) is 2.23. The van der Waals surface area contributed by atoms with Gasteiger partial charge in [-0.05, 0) is 35.7 Å². The second-order valence-corrected chi connectivity index (χ2v) is 5.00. The summed E-state index contributed by atoms with van der Waals surface area (Å²) < 4.78 is 0. The fourth-order valence-electron chi connectivity index (χ4n) is 2.23. The van der Waals surface area contributed by atoms with Gasteiger partial charge in [-0.3, -0.25) is 4.79 Å². The number of benzene rings is 1. The highest BCUT2D eigenvalue weighted by Gasteiger charge is 2.11. The predicted octanol–water partition coefficient (Wildman–Crippen LogP) is 2.88. The van der Waals surface area contributed by atoms with E-state index in [9.17, 15) is 4.79 Å². The van der Waals surface area contributed by atoms with Crippen LogP contribution in [0.1, 0.15) is 10.4 Å². The molecular formula is C16H16N4O. The van der Waals surface area contributed by atoms with Crippen molar-refractivity contribution in [3.63, 3.8) is 0 Å². The molecule has 0 aliphatic carbocycles. The van der Waals surface area contributed by atoms with Gasteiger partial charge in [-0.1, -0.05) is 6.07 Å². The Bertz CT molecular complexity index is 792. The van der Waals surface area contributed by atoms with Crippen LogP contribution in [0.3, 0.4) is 0 Å². The van der Waals surface area contributed by atoms with Crippen LogP contribution in [0.25, 0.3) is 10.9 Å². The van der Waals surface area contributed by atoms with E-state index in [2.05, 4.69) is 15.3 Å². The Balaban J connectivity index is 1.89. The van der Waals surface area contributed by atoms with E-state index >= 15 is 0 Å². The molecule has 2 N–H and O–H groups in total. The fraction of sp³-hybridized carbons (Fsp3) is 0.125. The van der Waals surface area contributed by atoms with Crippen molar-refractivity contribution in [3.05, 3.63) is 54.4 Å². The molecule has 0 bridgehead atoms. The Hall–Kier alpha value is -2.82. The molecule has 5 heteroatoms. The largest absolute Gasteiger partial charge is 0.361 e. The van der Waals surface area contributed by atoms with Crippen molar-refractivity contribution in [2.45, 2.75) is 0 Å². The minimum atomic E-state index is -0.150. The minimum absolute atomic E-state index is 0.150. The van der Waals surface area contributed by atoms with Gasteiger partial charge in [-0.2, -0.15) is 0 Å². The van der Waals surface area contributed by atoms with Crippen molar-refractivity contribution in [2.24, 2.45) is 0 Å². The van der Waals surface area contributed by atoms with Crippen LogP contribution in [0, 0.1) is 0 Å². The lowest BCUT2D eigenvalue weighted by Gasteiger charge is -2.16. The molecule has 0 radical (unpaired) electrons. The molecule has 21 heavy (non-hydrogen) atoms. The van der Waals surface area contributed by atoms with E-state index < -0.39 is 0 Å². The number of aromatic amines is 1. The standard InChI is InChI=1S/C16H16N4O/c1-20(2)15-13(4-3-8-18-15)19-16(21)12-6-5-11-7-9-17-14(11)10-12/h3-10,17H,1-2H3,(H,19,21). The smallest absolute Gasteiger partial charge is 0.255 e. The molecule has 1 amide bonds. The van der Waals surface area contributed by atoms with Gasteiger partial charge in [0.1, 0.15) is 0 Å². The summed E-state index contributed by atoms with van der Waals surface area (Å²) in [6.45, 7) is 0. The molecule has 0 saturated heterocycles. The Morgan fingerprint density at radius 1 is 1.24 bits per heavy atom. The lowest BCUT2D eigenvalue weighted by Crippen LogP contribution is -2.17. The van der Waals surface area contributed by atoms with Gasteiger partial charge in [0.05, 0.1) is 5.69 Å². The van der Waals surface area contributed by atoms with Crippen LogP contribution in [0.5, 0.6) is 0 Å². The third-order valence-electron chi connectivity index (χ3n) is 3.28. The number of amides is 1. The molecule has 0 aliphatic rings. The highest BCUT2D eigenvalue weighted by molar-refractivity contribution is 6.07. The molecule has 0 atom stereocenters. The minimum Gasteiger partial charge on any atom is -0.361 e. The van der Waals surface area contributed by atoms with Crippen molar-refractivity contribution in [1.82, 2.24) is 9.97 Å². The maximum Gasteiger partial charge on any atom is 0.255 e. The van der Waals surface area contributed by atoms with Crippen molar-refractivity contribution >= 4 is 28.3 Å². The van der Waals surface area contributed by atoms with Gasteiger partial charge in [0.25, 0.3) is 5.91 Å². The van der Waals surface area contributed by atoms with Gasteiger partial charge in [0.15, 0.2) is 5.82 Å². The molecule has 3 rings (SSSR count). The lowest BCUT2D eigenvalue weighted by molar-refractivity contribution is 0.102. The Labute approximate surface area is 122 Å². The van der Waals surface area contributed by atoms with Crippen LogP contribution < -0.4 is 10.2 Å². The molecule has 2 heterocycles. The number of nitrogens with one attached hydrogen (secondary N) is 2. The summed E-state index contributed by atoms with van der Waals surface area (Å²) in [5, 5.41) is 3.99. The van der Waals surface area contributed by atoms with Gasteiger partial charge in [-0.25, -0.2) is 4.98 Å². The predicted molar refractivity (Wildman–Crippen MR) is 84.8 cm³/mol. The van der Waals surface area contributed by atoms with E-state index in [1.807, 2.05) is 55.5 Å². The van der Waals surface area contributed by atoms with Crippen molar-refractivity contribution < 1.29 is 4.79 Å². The van der Waals surface area contributed by atoms with E-state index in [0.29, 0.717) is 11.3 Å². The van der Waals surface area contributed by atoms with E-state index in [1.165, 1.54) is 0 Å². The number of hydrogen-bond acceptors (Lipinski definition) is 3. The monoisotopic (exact) mass is 280 g/mol. The third-order valence-corrected chi connectivity index (χ3v) is 3.28. The van der Waals surface area contributed by atoms with Crippen LogP contribution in [-0.2, 0) is 0 Å². The van der Waals surface area contributed by atoms with Gasteiger partial charge >= 0.3 is 0 Å². The number of carbonyl (C=O) groups excluding carboxylic acids is 1. The van der Waals surface area contributed by atoms with Crippen LogP contribution in [0.4, 0.5) is 11.5 Å². The maximum atomic E-state index is 12.4. The zero-order valence-corrected chi connectivity index (χ0v) is 11.9. The van der Waals surface area contributed by atoms with Crippen molar-refractivity contribution in [3.8, 4) is 0 Å². The van der Waals surface area contributed by atoms with E-state index in [-0.39, 0.29) is 5.91 Å². The van der Waals surface area contributed by atoms with Gasteiger partial charge in [-0.15, -0.1) is 0 Å². The number of fused-ring (bicyclic) bond motifs is 1. The molecule has 0 saturated carbocycles. The van der Waals surface area contributed by atoms with E-state index in [4.69, 9.17) is 0 Å². The number of anilines is 2. The first-order chi connectivity index (χ1) is 10.1. The molecule has 2 aromatic heterocycles. The van der Waals surface area contributed by atoms with Gasteiger partial charge < -0.3 is 15.2 Å². The number of hydrogen-bond donors (Lipinski definition) is 2. The molecule has 3 aromatic rings. The number of rotatable bonds is 3. The summed E-state index contributed by atoms with van der Waals surface area (Å²) in [7, 11) is 3.78. The quantitative estimate of drug-likeness (QED) is 0.775. The molecule has 0 spiro atoms. The third kappa shape index (κ3) is 2.58. The SMILES string of the molecule is CN(C)c1ncccc1NC(=O)c1ccc2cc[nH]c2c1. The average Bonchev–Trinajstić information content (AvgIpc) is 2.94. The molecule has 5 nitrogen and oxygen atoms in total. The van der Waals surface area contributed by atoms with Crippen molar-refractivity contribution in [1.29, 1.82) is 0 Å². The molecule has 0 unspecified atom stereocenters. The van der Waals surface area contributed by atoms with Gasteiger partial charge in [0.2, 0.25) is 0 Å². The van der Waals surface area contributed by atoms with Crippen LogP contribution >= 0.6 is 0 Å². The molecule has 0 fully saturated rings. The normalized spacial score (nSPS) is 10.6. The highest BCUT2D eigenvalue weighted by atomic mass is 16.1. The zero-order valence-electron chi connectivity index (χ0n) is 11.9. The number of H-pyrrole nitrogens is 1. The average molecular weight is 280 g/mol. The van der Waals surface area contributed by atoms with E-state index in [0.717, 1.165) is 16.7 Å². The Morgan fingerprint density at radius 2 is 2.10 bits per heavy atom. The summed E-state index contributed by atoms with van der Waals surface area (Å²) in [6, 6.07) is 11.2. The van der Waals surface area contributed by atoms with Crippen LogP contribution in [0.15, 0.2) is 48.8 Å². The Morgan fingerprint density at radius 3 is 2.90 bits per heavy atom. The Kier molecular flexibility index (Phi) is 3.31. The van der Waals surface area contributed by atoms with Crippen LogP contribution in [0.2, 0.25) is 0 Å². The summed E-state index contributed by atoms with van der Waals surface area (Å²) in [4.78, 5) is 21.6. The maximum absolute atomic E-state index is 12.4. The molecular weight excluding hydrogens is 264 g/mol. The molecule has 106 valence electrons. The zero-order chi connectivity index (χ0) is 14.8. The molecule has 0 aliphatic heterocycles. The van der Waals surface area contributed by atoms with Crippen LogP contribution in [-0.4, -0.2) is 30.0 Å². The second kappa shape index (κ2) is 5.28. The van der Waals surface area contributed by atoms with E-state index in [1.54, 1.807) is 12.3 Å². The number of carbonyl (C=O) groups is 1. The second-order valence-electron chi connectivity index (χ2n) is 5.00.